The van der Waals surface area contributed by atoms with Crippen LogP contribution in [0.2, 0.25) is 0 Å². The fourth-order valence-electron chi connectivity index (χ4n) is 1.06. The smallest absolute Gasteiger partial charge is 0.492 e. The molecule has 1 rings (SSSR count). The highest BCUT2D eigenvalue weighted by molar-refractivity contribution is 5.81. The van der Waals surface area contributed by atoms with Crippen LogP contribution in [0.1, 0.15) is 13.8 Å². The van der Waals surface area contributed by atoms with Crippen molar-refractivity contribution in [3.63, 3.8) is 0 Å². The van der Waals surface area contributed by atoms with Crippen molar-refractivity contribution >= 4 is 12.1 Å². The number of hydrogen-bond acceptors (Lipinski definition) is 7. The normalized spacial score (nSPS) is 10.3. The Morgan fingerprint density at radius 3 is 2.74 bits per heavy atom. The van der Waals surface area contributed by atoms with Gasteiger partial charge in [0.1, 0.15) is 6.54 Å². The van der Waals surface area contributed by atoms with Gasteiger partial charge in [0.15, 0.2) is 0 Å². The summed E-state index contributed by atoms with van der Waals surface area (Å²) in [6.45, 7) is 3.18. The van der Waals surface area contributed by atoms with E-state index in [1.54, 1.807) is 0 Å². The minimum Gasteiger partial charge on any atom is -0.492 e. The maximum atomic E-state index is 11.3. The summed E-state index contributed by atoms with van der Waals surface area (Å²) in [6.07, 6.45) is -1.13. The SMILES string of the molecule is CC(C)COC(=O)OC(=O)Cn1nc(O)ccc1=O. The molecule has 0 fully saturated rings. The zero-order valence-electron chi connectivity index (χ0n) is 10.5. The van der Waals surface area contributed by atoms with Crippen molar-refractivity contribution in [1.82, 2.24) is 9.78 Å². The van der Waals surface area contributed by atoms with Gasteiger partial charge in [-0.1, -0.05) is 13.8 Å². The third-order valence-electron chi connectivity index (χ3n) is 1.86. The van der Waals surface area contributed by atoms with E-state index in [9.17, 15) is 14.4 Å². The molecule has 0 bridgehead atoms. The summed E-state index contributed by atoms with van der Waals surface area (Å²) >= 11 is 0. The summed E-state index contributed by atoms with van der Waals surface area (Å²) in [7, 11) is 0. The van der Waals surface area contributed by atoms with Crippen LogP contribution in [-0.4, -0.2) is 33.6 Å². The number of rotatable bonds is 4. The zero-order valence-corrected chi connectivity index (χ0v) is 10.5. The predicted molar refractivity (Wildman–Crippen MR) is 62.4 cm³/mol. The number of carbonyl (C=O) groups excluding carboxylic acids is 2. The Kier molecular flexibility index (Phi) is 5.04. The molecular formula is C11H14N2O6. The molecule has 0 aliphatic carbocycles. The summed E-state index contributed by atoms with van der Waals surface area (Å²) in [5.41, 5.74) is -0.606. The number of esters is 1. The molecule has 8 nitrogen and oxygen atoms in total. The van der Waals surface area contributed by atoms with Crippen molar-refractivity contribution in [2.75, 3.05) is 6.61 Å². The van der Waals surface area contributed by atoms with E-state index in [2.05, 4.69) is 14.6 Å². The van der Waals surface area contributed by atoms with Crippen LogP contribution in [-0.2, 0) is 20.8 Å². The van der Waals surface area contributed by atoms with Crippen LogP contribution in [0.15, 0.2) is 16.9 Å². The number of aromatic hydroxyl groups is 1. The number of carbonyl (C=O) groups is 2. The summed E-state index contributed by atoms with van der Waals surface area (Å²) in [4.78, 5) is 33.7. The van der Waals surface area contributed by atoms with Gasteiger partial charge < -0.3 is 14.6 Å². The van der Waals surface area contributed by atoms with E-state index in [0.717, 1.165) is 12.1 Å². The Hall–Kier alpha value is -2.38. The monoisotopic (exact) mass is 270 g/mol. The molecular weight excluding hydrogens is 256 g/mol. The highest BCUT2D eigenvalue weighted by Crippen LogP contribution is 1.98. The first-order valence-corrected chi connectivity index (χ1v) is 5.53. The van der Waals surface area contributed by atoms with Crippen molar-refractivity contribution in [1.29, 1.82) is 0 Å². The first-order valence-electron chi connectivity index (χ1n) is 5.53. The van der Waals surface area contributed by atoms with Crippen molar-refractivity contribution < 1.29 is 24.2 Å². The molecule has 0 saturated heterocycles. The molecule has 1 heterocycles. The van der Waals surface area contributed by atoms with Gasteiger partial charge in [-0.25, -0.2) is 14.3 Å². The van der Waals surface area contributed by atoms with Gasteiger partial charge in [0.2, 0.25) is 5.88 Å². The van der Waals surface area contributed by atoms with Crippen molar-refractivity contribution in [2.24, 2.45) is 5.92 Å². The van der Waals surface area contributed by atoms with Crippen LogP contribution >= 0.6 is 0 Å². The predicted octanol–water partition coefficient (Wildman–Crippen LogP) is 0.285. The van der Waals surface area contributed by atoms with Gasteiger partial charge in [-0.3, -0.25) is 4.79 Å². The maximum Gasteiger partial charge on any atom is 0.516 e. The lowest BCUT2D eigenvalue weighted by molar-refractivity contribution is -0.140. The lowest BCUT2D eigenvalue weighted by atomic mass is 10.2. The summed E-state index contributed by atoms with van der Waals surface area (Å²) in [6, 6.07) is 2.12. The Morgan fingerprint density at radius 1 is 1.42 bits per heavy atom. The number of aromatic nitrogens is 2. The third-order valence-corrected chi connectivity index (χ3v) is 1.86. The second kappa shape index (κ2) is 6.53. The fraction of sp³-hybridized carbons (Fsp3) is 0.455. The van der Waals surface area contributed by atoms with Crippen molar-refractivity contribution in [2.45, 2.75) is 20.4 Å². The van der Waals surface area contributed by atoms with E-state index in [1.807, 2.05) is 13.8 Å². The summed E-state index contributed by atoms with van der Waals surface area (Å²) < 4.78 is 9.62. The van der Waals surface area contributed by atoms with E-state index < -0.39 is 30.1 Å². The third kappa shape index (κ3) is 5.19. The molecule has 0 aliphatic rings. The molecule has 0 amide bonds. The van der Waals surface area contributed by atoms with E-state index in [1.165, 1.54) is 0 Å². The summed E-state index contributed by atoms with van der Waals surface area (Å²) in [5, 5.41) is 12.5. The molecule has 0 aromatic carbocycles. The van der Waals surface area contributed by atoms with Crippen LogP contribution in [0.4, 0.5) is 4.79 Å². The average Bonchev–Trinajstić information content (AvgIpc) is 2.31. The van der Waals surface area contributed by atoms with Crippen molar-refractivity contribution in [3.8, 4) is 5.88 Å². The number of ether oxygens (including phenoxy) is 2. The number of hydrogen-bond donors (Lipinski definition) is 1. The van der Waals surface area contributed by atoms with Gasteiger partial charge >= 0.3 is 12.1 Å². The molecule has 0 unspecified atom stereocenters. The van der Waals surface area contributed by atoms with E-state index in [0.29, 0.717) is 4.68 Å². The lowest BCUT2D eigenvalue weighted by Crippen LogP contribution is -2.28. The average molecular weight is 270 g/mol. The highest BCUT2D eigenvalue weighted by atomic mass is 16.7. The van der Waals surface area contributed by atoms with E-state index >= 15 is 0 Å². The topological polar surface area (TPSA) is 108 Å². The van der Waals surface area contributed by atoms with Gasteiger partial charge in [-0.05, 0) is 5.92 Å². The van der Waals surface area contributed by atoms with Gasteiger partial charge in [-0.2, -0.15) is 0 Å². The van der Waals surface area contributed by atoms with Crippen LogP contribution in [0.3, 0.4) is 0 Å². The molecule has 0 aliphatic heterocycles. The van der Waals surface area contributed by atoms with Gasteiger partial charge in [0.25, 0.3) is 5.56 Å². The van der Waals surface area contributed by atoms with E-state index in [-0.39, 0.29) is 12.5 Å². The minimum atomic E-state index is -1.13. The lowest BCUT2D eigenvalue weighted by Gasteiger charge is -2.07. The molecule has 19 heavy (non-hydrogen) atoms. The van der Waals surface area contributed by atoms with E-state index in [4.69, 9.17) is 5.11 Å². The quantitative estimate of drug-likeness (QED) is 0.618. The molecule has 1 aromatic heterocycles. The molecule has 0 atom stereocenters. The van der Waals surface area contributed by atoms with Crippen LogP contribution in [0.25, 0.3) is 0 Å². The Morgan fingerprint density at radius 2 is 2.11 bits per heavy atom. The number of nitrogens with zero attached hydrogens (tertiary/aromatic N) is 2. The minimum absolute atomic E-state index is 0.109. The second-order valence-electron chi connectivity index (χ2n) is 4.12. The first-order chi connectivity index (χ1) is 8.88. The molecule has 8 heteroatoms. The molecule has 0 spiro atoms. The Bertz CT molecular complexity index is 522. The molecule has 104 valence electrons. The zero-order chi connectivity index (χ0) is 14.4. The first kappa shape index (κ1) is 14.7. The molecule has 0 saturated carbocycles. The highest BCUT2D eigenvalue weighted by Gasteiger charge is 2.14. The van der Waals surface area contributed by atoms with Gasteiger partial charge in [0, 0.05) is 12.1 Å². The Labute approximate surface area is 108 Å². The standard InChI is InChI=1S/C11H14N2O6/c1-7(2)6-18-11(17)19-10(16)5-13-9(15)4-3-8(14)12-13/h3-4,7H,5-6H2,1-2H3,(H,12,14). The van der Waals surface area contributed by atoms with Gasteiger partial charge in [0.05, 0.1) is 6.61 Å². The van der Waals surface area contributed by atoms with Crippen LogP contribution in [0, 0.1) is 5.92 Å². The van der Waals surface area contributed by atoms with Crippen molar-refractivity contribution in [3.05, 3.63) is 22.5 Å². The molecule has 1 N–H and O–H groups in total. The fourth-order valence-corrected chi connectivity index (χ4v) is 1.06. The Balaban J connectivity index is 2.53. The second-order valence-corrected chi connectivity index (χ2v) is 4.12. The van der Waals surface area contributed by atoms with Crippen LogP contribution in [0.5, 0.6) is 5.88 Å². The largest absolute Gasteiger partial charge is 0.516 e. The molecule has 1 aromatic rings. The molecule has 0 radical (unpaired) electrons. The summed E-state index contributed by atoms with van der Waals surface area (Å²) in [5.74, 6) is -1.32. The van der Waals surface area contributed by atoms with Crippen LogP contribution < -0.4 is 5.56 Å². The van der Waals surface area contributed by atoms with Gasteiger partial charge in [-0.15, -0.1) is 5.10 Å². The maximum absolute atomic E-state index is 11.3.